The number of hydrogen-bond acceptors (Lipinski definition) is 1. The monoisotopic (exact) mass is 161 g/mol. The van der Waals surface area contributed by atoms with Crippen LogP contribution in [0.3, 0.4) is 0 Å². The SMILES string of the molecule is Cc1cccc(C2(C)CCN2)c1. The van der Waals surface area contributed by atoms with E-state index in [-0.39, 0.29) is 5.54 Å². The van der Waals surface area contributed by atoms with E-state index in [1.165, 1.54) is 17.5 Å². The van der Waals surface area contributed by atoms with Gasteiger partial charge in [0.05, 0.1) is 0 Å². The average molecular weight is 161 g/mol. The lowest BCUT2D eigenvalue weighted by Crippen LogP contribution is -2.51. The molecule has 1 N–H and O–H groups in total. The number of rotatable bonds is 1. The normalized spacial score (nSPS) is 28.2. The third-order valence-electron chi connectivity index (χ3n) is 2.80. The molecule has 64 valence electrons. The lowest BCUT2D eigenvalue weighted by molar-refractivity contribution is 0.237. The van der Waals surface area contributed by atoms with Gasteiger partial charge in [0.2, 0.25) is 0 Å². The number of aryl methyl sites for hydroxylation is 1. The molecule has 0 saturated carbocycles. The van der Waals surface area contributed by atoms with Crippen molar-refractivity contribution in [3.8, 4) is 0 Å². The van der Waals surface area contributed by atoms with Crippen LogP contribution in [0.2, 0.25) is 0 Å². The Balaban J connectivity index is 2.33. The van der Waals surface area contributed by atoms with Crippen molar-refractivity contribution in [2.24, 2.45) is 0 Å². The van der Waals surface area contributed by atoms with Gasteiger partial charge >= 0.3 is 0 Å². The van der Waals surface area contributed by atoms with Crippen molar-refractivity contribution in [1.29, 1.82) is 0 Å². The van der Waals surface area contributed by atoms with E-state index in [1.807, 2.05) is 0 Å². The van der Waals surface area contributed by atoms with E-state index in [0.29, 0.717) is 0 Å². The minimum absolute atomic E-state index is 0.256. The molecule has 1 fully saturated rings. The Morgan fingerprint density at radius 3 is 2.67 bits per heavy atom. The van der Waals surface area contributed by atoms with E-state index >= 15 is 0 Å². The molecule has 12 heavy (non-hydrogen) atoms. The number of nitrogens with one attached hydrogen (secondary N) is 1. The first kappa shape index (κ1) is 7.81. The molecule has 1 nitrogen and oxygen atoms in total. The topological polar surface area (TPSA) is 12.0 Å². The van der Waals surface area contributed by atoms with Gasteiger partial charge in [0, 0.05) is 5.54 Å². The Bertz CT molecular complexity index is 287. The molecular weight excluding hydrogens is 146 g/mol. The highest BCUT2D eigenvalue weighted by Crippen LogP contribution is 2.30. The summed E-state index contributed by atoms with van der Waals surface area (Å²) in [5, 5.41) is 3.47. The van der Waals surface area contributed by atoms with Crippen LogP contribution in [-0.4, -0.2) is 6.54 Å². The second-order valence-corrected chi connectivity index (χ2v) is 3.88. The molecule has 1 aromatic rings. The molecule has 0 spiro atoms. The highest BCUT2D eigenvalue weighted by atomic mass is 15.0. The summed E-state index contributed by atoms with van der Waals surface area (Å²) in [5.41, 5.74) is 3.03. The molecule has 0 bridgehead atoms. The zero-order valence-corrected chi connectivity index (χ0v) is 7.72. The molecule has 0 aromatic heterocycles. The van der Waals surface area contributed by atoms with Crippen molar-refractivity contribution < 1.29 is 0 Å². The predicted octanol–water partition coefficient (Wildman–Crippen LogP) is 2.20. The molecule has 1 heterocycles. The van der Waals surface area contributed by atoms with Crippen molar-refractivity contribution >= 4 is 0 Å². The van der Waals surface area contributed by atoms with E-state index in [9.17, 15) is 0 Å². The highest BCUT2D eigenvalue weighted by Gasteiger charge is 2.32. The van der Waals surface area contributed by atoms with Crippen LogP contribution in [0.5, 0.6) is 0 Å². The zero-order valence-electron chi connectivity index (χ0n) is 7.72. The van der Waals surface area contributed by atoms with E-state index in [4.69, 9.17) is 0 Å². The molecule has 0 aliphatic carbocycles. The van der Waals surface area contributed by atoms with Crippen LogP contribution >= 0.6 is 0 Å². The fraction of sp³-hybridized carbons (Fsp3) is 0.455. The Kier molecular flexibility index (Phi) is 1.69. The summed E-state index contributed by atoms with van der Waals surface area (Å²) in [5.74, 6) is 0. The molecule has 1 aliphatic heterocycles. The summed E-state index contributed by atoms with van der Waals surface area (Å²) >= 11 is 0. The van der Waals surface area contributed by atoms with Crippen molar-refractivity contribution in [1.82, 2.24) is 5.32 Å². The van der Waals surface area contributed by atoms with Crippen molar-refractivity contribution in [2.75, 3.05) is 6.54 Å². The Morgan fingerprint density at radius 2 is 2.17 bits per heavy atom. The lowest BCUT2D eigenvalue weighted by atomic mass is 9.82. The minimum atomic E-state index is 0.256. The molecule has 1 atom stereocenters. The summed E-state index contributed by atoms with van der Waals surface area (Å²) in [7, 11) is 0. The quantitative estimate of drug-likeness (QED) is 0.666. The van der Waals surface area contributed by atoms with Crippen LogP contribution in [-0.2, 0) is 5.54 Å². The molecule has 0 amide bonds. The van der Waals surface area contributed by atoms with Crippen LogP contribution < -0.4 is 5.32 Å². The Labute approximate surface area is 73.8 Å². The second kappa shape index (κ2) is 2.60. The Morgan fingerprint density at radius 1 is 1.42 bits per heavy atom. The van der Waals surface area contributed by atoms with Crippen LogP contribution in [0.25, 0.3) is 0 Å². The molecular formula is C11H15N. The van der Waals surface area contributed by atoms with Gasteiger partial charge in [0.1, 0.15) is 0 Å². The Hall–Kier alpha value is -0.820. The maximum atomic E-state index is 3.47. The van der Waals surface area contributed by atoms with E-state index < -0.39 is 0 Å². The van der Waals surface area contributed by atoms with Crippen molar-refractivity contribution in [2.45, 2.75) is 25.8 Å². The van der Waals surface area contributed by atoms with Gasteiger partial charge in [-0.2, -0.15) is 0 Å². The van der Waals surface area contributed by atoms with Gasteiger partial charge in [-0.05, 0) is 32.4 Å². The fourth-order valence-electron chi connectivity index (χ4n) is 1.73. The van der Waals surface area contributed by atoms with Crippen LogP contribution in [0.4, 0.5) is 0 Å². The largest absolute Gasteiger partial charge is 0.307 e. The fourth-order valence-corrected chi connectivity index (χ4v) is 1.73. The number of benzene rings is 1. The van der Waals surface area contributed by atoms with Gasteiger partial charge in [0.25, 0.3) is 0 Å². The number of hydrogen-bond donors (Lipinski definition) is 1. The zero-order chi connectivity index (χ0) is 8.60. The molecule has 1 aromatic carbocycles. The smallest absolute Gasteiger partial charge is 0.0418 e. The summed E-state index contributed by atoms with van der Waals surface area (Å²) in [6.07, 6.45) is 1.26. The molecule has 1 saturated heterocycles. The van der Waals surface area contributed by atoms with Gasteiger partial charge < -0.3 is 5.32 Å². The molecule has 1 heteroatoms. The maximum absolute atomic E-state index is 3.47. The first-order valence-electron chi connectivity index (χ1n) is 4.53. The van der Waals surface area contributed by atoms with E-state index in [1.54, 1.807) is 0 Å². The summed E-state index contributed by atoms with van der Waals surface area (Å²) in [4.78, 5) is 0. The average Bonchev–Trinajstić information content (AvgIpc) is 2.00. The first-order valence-corrected chi connectivity index (χ1v) is 4.53. The van der Waals surface area contributed by atoms with E-state index in [0.717, 1.165) is 6.54 Å². The molecule has 1 aliphatic rings. The van der Waals surface area contributed by atoms with Gasteiger partial charge in [-0.1, -0.05) is 29.8 Å². The van der Waals surface area contributed by atoms with Crippen LogP contribution in [0.15, 0.2) is 24.3 Å². The summed E-state index contributed by atoms with van der Waals surface area (Å²) in [6.45, 7) is 5.57. The van der Waals surface area contributed by atoms with Crippen molar-refractivity contribution in [3.05, 3.63) is 35.4 Å². The maximum Gasteiger partial charge on any atom is 0.0418 e. The molecule has 2 rings (SSSR count). The third kappa shape index (κ3) is 1.14. The van der Waals surface area contributed by atoms with Crippen LogP contribution in [0, 0.1) is 6.92 Å². The lowest BCUT2D eigenvalue weighted by Gasteiger charge is -2.40. The first-order chi connectivity index (χ1) is 5.71. The third-order valence-corrected chi connectivity index (χ3v) is 2.80. The van der Waals surface area contributed by atoms with Gasteiger partial charge in [-0.15, -0.1) is 0 Å². The second-order valence-electron chi connectivity index (χ2n) is 3.88. The van der Waals surface area contributed by atoms with Crippen molar-refractivity contribution in [3.63, 3.8) is 0 Å². The summed E-state index contributed by atoms with van der Waals surface area (Å²) < 4.78 is 0. The van der Waals surface area contributed by atoms with Crippen LogP contribution in [0.1, 0.15) is 24.5 Å². The summed E-state index contributed by atoms with van der Waals surface area (Å²) in [6, 6.07) is 8.76. The van der Waals surface area contributed by atoms with Gasteiger partial charge in [-0.25, -0.2) is 0 Å². The molecule has 1 unspecified atom stereocenters. The minimum Gasteiger partial charge on any atom is -0.307 e. The van der Waals surface area contributed by atoms with Gasteiger partial charge in [-0.3, -0.25) is 0 Å². The standard InChI is InChI=1S/C11H15N/c1-9-4-3-5-10(8-9)11(2)6-7-12-11/h3-5,8,12H,6-7H2,1-2H3. The van der Waals surface area contributed by atoms with E-state index in [2.05, 4.69) is 43.4 Å². The molecule has 0 radical (unpaired) electrons. The predicted molar refractivity (Wildman–Crippen MR) is 51.2 cm³/mol. The highest BCUT2D eigenvalue weighted by molar-refractivity contribution is 5.30. The van der Waals surface area contributed by atoms with Gasteiger partial charge in [0.15, 0.2) is 0 Å².